The van der Waals surface area contributed by atoms with Gasteiger partial charge in [-0.05, 0) is 31.2 Å². The van der Waals surface area contributed by atoms with Gasteiger partial charge in [0.05, 0.1) is 21.1 Å². The number of quaternary nitrogens is 1. The van der Waals surface area contributed by atoms with Gasteiger partial charge in [-0.2, -0.15) is 0 Å². The second-order valence-corrected chi connectivity index (χ2v) is 7.68. The average molecular weight is 355 g/mol. The summed E-state index contributed by atoms with van der Waals surface area (Å²) in [5, 5.41) is 2.57. The predicted molar refractivity (Wildman–Crippen MR) is 92.2 cm³/mol. The van der Waals surface area contributed by atoms with Crippen LogP contribution in [-0.2, 0) is 18.4 Å². The van der Waals surface area contributed by atoms with Crippen LogP contribution >= 0.6 is 7.82 Å². The fourth-order valence-electron chi connectivity index (χ4n) is 1.60. The number of amides is 1. The molecule has 1 amide bonds. The number of carbonyl (C=O) groups excluding carboxylic acids is 1. The lowest BCUT2D eigenvalue weighted by Crippen LogP contribution is -2.37. The Hall–Kier alpha value is -1.68. The average Bonchev–Trinajstić information content (AvgIpc) is 2.45. The van der Waals surface area contributed by atoms with E-state index in [-0.39, 0.29) is 6.61 Å². The maximum Gasteiger partial charge on any atom is 0.473 e. The van der Waals surface area contributed by atoms with Crippen LogP contribution in [0.25, 0.3) is 0 Å². The molecule has 1 rings (SSSR count). The van der Waals surface area contributed by atoms with Gasteiger partial charge in [0.1, 0.15) is 19.3 Å². The molecule has 7 nitrogen and oxygen atoms in total. The predicted octanol–water partition coefficient (Wildman–Crippen LogP) is 1.83. The molecule has 0 heterocycles. The number of phosphoric acid groups is 1. The van der Waals surface area contributed by atoms with Crippen LogP contribution < -0.4 is 5.32 Å². The smallest absolute Gasteiger partial charge is 0.329 e. The molecule has 1 unspecified atom stereocenters. The van der Waals surface area contributed by atoms with E-state index in [9.17, 15) is 14.3 Å². The molecule has 0 aliphatic rings. The van der Waals surface area contributed by atoms with Crippen LogP contribution in [0.3, 0.4) is 0 Å². The zero-order valence-electron chi connectivity index (χ0n) is 14.4. The highest BCUT2D eigenvalue weighted by atomic mass is 31.2. The molecule has 0 fully saturated rings. The Morgan fingerprint density at radius 1 is 1.38 bits per heavy atom. The van der Waals surface area contributed by atoms with Crippen molar-refractivity contribution in [1.82, 2.24) is 0 Å². The zero-order valence-corrected chi connectivity index (χ0v) is 15.2. The van der Waals surface area contributed by atoms with Gasteiger partial charge in [-0.25, -0.2) is 4.57 Å². The third kappa shape index (κ3) is 7.73. The van der Waals surface area contributed by atoms with Gasteiger partial charge in [-0.1, -0.05) is 5.92 Å². The van der Waals surface area contributed by atoms with Gasteiger partial charge >= 0.3 is 7.82 Å². The van der Waals surface area contributed by atoms with Crippen molar-refractivity contribution in [2.75, 3.05) is 39.6 Å². The molecule has 0 aliphatic heterocycles. The Labute approximate surface area is 142 Å². The van der Waals surface area contributed by atoms with Gasteiger partial charge < -0.3 is 14.7 Å². The van der Waals surface area contributed by atoms with Gasteiger partial charge in [-0.3, -0.25) is 13.8 Å². The highest BCUT2D eigenvalue weighted by Crippen LogP contribution is 2.44. The quantitative estimate of drug-likeness (QED) is 0.422. The highest BCUT2D eigenvalue weighted by molar-refractivity contribution is 7.47. The van der Waals surface area contributed by atoms with Crippen molar-refractivity contribution >= 4 is 19.4 Å². The van der Waals surface area contributed by atoms with E-state index in [0.29, 0.717) is 22.3 Å². The number of hydrogen-bond donors (Lipinski definition) is 2. The maximum atomic E-state index is 12.0. The van der Waals surface area contributed by atoms with Gasteiger partial charge in [-0.15, -0.1) is 6.42 Å². The largest absolute Gasteiger partial charge is 0.473 e. The van der Waals surface area contributed by atoms with Crippen LogP contribution in [0.5, 0.6) is 0 Å². The normalized spacial score (nSPS) is 15.2. The lowest BCUT2D eigenvalue weighted by molar-refractivity contribution is -0.870. The first-order chi connectivity index (χ1) is 11.0. The van der Waals surface area contributed by atoms with Gasteiger partial charge in [0, 0.05) is 11.3 Å². The molecule has 0 aliphatic carbocycles. The van der Waals surface area contributed by atoms with Crippen LogP contribution in [0, 0.1) is 12.3 Å². The fraction of sp³-hybridized carbons (Fsp3) is 0.438. The molecule has 132 valence electrons. The zero-order chi connectivity index (χ0) is 18.4. The van der Waals surface area contributed by atoms with E-state index in [1.54, 1.807) is 24.3 Å². The molecule has 2 atom stereocenters. The van der Waals surface area contributed by atoms with Gasteiger partial charge in [0.25, 0.3) is 5.91 Å². The van der Waals surface area contributed by atoms with E-state index in [1.165, 1.54) is 6.92 Å². The summed E-state index contributed by atoms with van der Waals surface area (Å²) in [4.78, 5) is 21.7. The molecule has 24 heavy (non-hydrogen) atoms. The lowest BCUT2D eigenvalue weighted by atomic mass is 10.2. The van der Waals surface area contributed by atoms with Crippen LogP contribution in [0.2, 0.25) is 0 Å². The molecule has 0 radical (unpaired) electrons. The minimum absolute atomic E-state index is 0.0408. The van der Waals surface area contributed by atoms with Crippen LogP contribution in [-0.4, -0.2) is 55.7 Å². The minimum atomic E-state index is -4.30. The molecule has 1 aromatic rings. The number of terminal acetylenes is 1. The number of nitrogens with zero attached hydrogens (tertiary/aromatic N) is 1. The summed E-state index contributed by atoms with van der Waals surface area (Å²) in [6.07, 6.45) is 4.10. The van der Waals surface area contributed by atoms with E-state index in [2.05, 4.69) is 11.2 Å². The van der Waals surface area contributed by atoms with Crippen molar-refractivity contribution in [3.63, 3.8) is 0 Å². The second-order valence-electron chi connectivity index (χ2n) is 6.27. The topological polar surface area (TPSA) is 84.9 Å². The maximum absolute atomic E-state index is 12.0. The highest BCUT2D eigenvalue weighted by Gasteiger charge is 2.28. The van der Waals surface area contributed by atoms with E-state index in [4.69, 9.17) is 15.5 Å². The van der Waals surface area contributed by atoms with E-state index in [0.717, 1.165) is 0 Å². The molecular formula is C16H24N2O5P+. The number of rotatable bonds is 8. The van der Waals surface area contributed by atoms with Crippen molar-refractivity contribution in [3.05, 3.63) is 29.8 Å². The lowest BCUT2D eigenvalue weighted by Gasteiger charge is -2.24. The molecule has 0 saturated heterocycles. The molecule has 0 saturated carbocycles. The Bertz CT molecular complexity index is 646. The Morgan fingerprint density at radius 2 is 1.96 bits per heavy atom. The Balaban J connectivity index is 2.52. The molecule has 8 heteroatoms. The van der Waals surface area contributed by atoms with Crippen molar-refractivity contribution < 1.29 is 27.8 Å². The first kappa shape index (κ1) is 20.4. The number of nitrogens with one attached hydrogen (secondary N) is 1. The summed E-state index contributed by atoms with van der Waals surface area (Å²) in [5.74, 6) is 1.90. The number of phosphoric ester groups is 1. The van der Waals surface area contributed by atoms with E-state index < -0.39 is 19.8 Å². The Kier molecular flexibility index (Phi) is 7.15. The first-order valence-electron chi connectivity index (χ1n) is 7.36. The summed E-state index contributed by atoms with van der Waals surface area (Å²) in [6.45, 7) is 1.94. The van der Waals surface area contributed by atoms with Crippen molar-refractivity contribution in [1.29, 1.82) is 0 Å². The van der Waals surface area contributed by atoms with Crippen molar-refractivity contribution in [3.8, 4) is 12.3 Å². The third-order valence-electron chi connectivity index (χ3n) is 3.00. The van der Waals surface area contributed by atoms with Crippen molar-refractivity contribution in [2.45, 2.75) is 13.0 Å². The summed E-state index contributed by atoms with van der Waals surface area (Å²) >= 11 is 0. The molecule has 0 spiro atoms. The molecule has 0 bridgehead atoms. The summed E-state index contributed by atoms with van der Waals surface area (Å²) in [7, 11) is 1.47. The number of benzene rings is 1. The summed E-state index contributed by atoms with van der Waals surface area (Å²) < 4.78 is 22.2. The monoisotopic (exact) mass is 355 g/mol. The van der Waals surface area contributed by atoms with Crippen LogP contribution in [0.1, 0.15) is 12.5 Å². The number of likely N-dealkylation sites (N-methyl/N-ethyl adjacent to an activating group) is 1. The van der Waals surface area contributed by atoms with Gasteiger partial charge in [0.15, 0.2) is 0 Å². The molecular weight excluding hydrogens is 331 g/mol. The number of anilines is 1. The van der Waals surface area contributed by atoms with E-state index in [1.807, 2.05) is 21.1 Å². The summed E-state index contributed by atoms with van der Waals surface area (Å²) in [5.41, 5.74) is 1.19. The molecule has 0 aromatic heterocycles. The standard InChI is InChI=1S/C16H23N2O5P/c1-6-14-7-9-15(10-8-14)17-16(19)13(2)23-24(20,21)22-12-11-18(3,4)5/h1,7-10,13H,11-12H2,2-5H3,(H-,17,19,20,21)/p+1/t13-/m0/s1. The van der Waals surface area contributed by atoms with E-state index >= 15 is 0 Å². The fourth-order valence-corrected chi connectivity index (χ4v) is 2.47. The summed E-state index contributed by atoms with van der Waals surface area (Å²) in [6, 6.07) is 6.62. The first-order valence-corrected chi connectivity index (χ1v) is 8.86. The number of hydrogen-bond acceptors (Lipinski definition) is 4. The van der Waals surface area contributed by atoms with Gasteiger partial charge in [0.2, 0.25) is 0 Å². The molecule has 1 aromatic carbocycles. The third-order valence-corrected chi connectivity index (χ3v) is 4.09. The molecule has 2 N–H and O–H groups in total. The minimum Gasteiger partial charge on any atom is -0.329 e. The Morgan fingerprint density at radius 3 is 2.46 bits per heavy atom. The van der Waals surface area contributed by atoms with Crippen LogP contribution in [0.4, 0.5) is 5.69 Å². The SMILES string of the molecule is C#Cc1ccc(NC(=O)[C@H](C)OP(=O)(O)OCC[N+](C)(C)C)cc1. The van der Waals surface area contributed by atoms with Crippen molar-refractivity contribution in [2.24, 2.45) is 0 Å². The van der Waals surface area contributed by atoms with Crippen LogP contribution in [0.15, 0.2) is 24.3 Å². The number of carbonyl (C=O) groups is 1. The second kappa shape index (κ2) is 8.43.